The van der Waals surface area contributed by atoms with Gasteiger partial charge in [-0.1, -0.05) is 13.5 Å². The normalized spacial score (nSPS) is 56.0. The Hall–Kier alpha value is -1.08. The van der Waals surface area contributed by atoms with Crippen LogP contribution in [0.25, 0.3) is 0 Å². The fraction of sp³-hybridized carbons (Fsp3) is 0.800. The predicted octanol–water partition coefficient (Wildman–Crippen LogP) is 0.218. The van der Waals surface area contributed by atoms with E-state index in [1.807, 2.05) is 6.92 Å². The molecule has 9 unspecified atom stereocenters. The maximum absolute atomic E-state index is 13.2. The number of aliphatic hydroxyl groups excluding tert-OH is 4. The van der Waals surface area contributed by atoms with Gasteiger partial charge in [0.25, 0.3) is 0 Å². The minimum absolute atomic E-state index is 0.103. The van der Waals surface area contributed by atoms with E-state index in [4.69, 9.17) is 0 Å². The molecule has 2 bridgehead atoms. The van der Waals surface area contributed by atoms with Gasteiger partial charge in [0, 0.05) is 16.7 Å². The van der Waals surface area contributed by atoms with Crippen molar-refractivity contribution >= 4 is 12.1 Å². The Morgan fingerprint density at radius 2 is 1.85 bits per heavy atom. The number of carbonyl (C=O) groups is 2. The van der Waals surface area contributed by atoms with Crippen LogP contribution in [-0.2, 0) is 9.59 Å². The number of fused-ring (bicyclic) bond motifs is 3. The standard InChI is InChI=1S/C20H28O6/c1-10-11-3-4-12-19(9-22)13(18(2,8-21)6-5-14(19)23)7-15(24)20(12,16(10)25)17(11)26/h8,11-15,17,22-24,26H,1,3-7,9H2,2H3. The van der Waals surface area contributed by atoms with E-state index >= 15 is 0 Å². The van der Waals surface area contributed by atoms with E-state index < -0.39 is 46.4 Å². The average Bonchev–Trinajstić information content (AvgIpc) is 2.74. The van der Waals surface area contributed by atoms with Crippen molar-refractivity contribution in [1.29, 1.82) is 0 Å². The van der Waals surface area contributed by atoms with Gasteiger partial charge in [-0.2, -0.15) is 0 Å². The first-order valence-electron chi connectivity index (χ1n) is 9.56. The molecule has 0 aromatic rings. The van der Waals surface area contributed by atoms with Crippen molar-refractivity contribution in [3.63, 3.8) is 0 Å². The minimum Gasteiger partial charge on any atom is -0.396 e. The maximum atomic E-state index is 13.2. The molecule has 0 radical (unpaired) electrons. The Kier molecular flexibility index (Phi) is 3.85. The Labute approximate surface area is 152 Å². The van der Waals surface area contributed by atoms with E-state index in [0.29, 0.717) is 31.3 Å². The van der Waals surface area contributed by atoms with Gasteiger partial charge in [0.2, 0.25) is 0 Å². The van der Waals surface area contributed by atoms with E-state index in [9.17, 15) is 30.0 Å². The Morgan fingerprint density at radius 1 is 1.15 bits per heavy atom. The predicted molar refractivity (Wildman–Crippen MR) is 91.8 cm³/mol. The highest BCUT2D eigenvalue weighted by Crippen LogP contribution is 2.70. The van der Waals surface area contributed by atoms with Gasteiger partial charge in [0.05, 0.1) is 30.3 Å². The third-order valence-electron chi connectivity index (χ3n) is 8.57. The van der Waals surface area contributed by atoms with Gasteiger partial charge in [-0.3, -0.25) is 4.79 Å². The van der Waals surface area contributed by atoms with Crippen LogP contribution < -0.4 is 0 Å². The summed E-state index contributed by atoms with van der Waals surface area (Å²) in [7, 11) is 0. The molecule has 0 amide bonds. The second kappa shape index (κ2) is 5.47. The highest BCUT2D eigenvalue weighted by atomic mass is 16.3. The maximum Gasteiger partial charge on any atom is 0.170 e. The van der Waals surface area contributed by atoms with Gasteiger partial charge in [0.15, 0.2) is 5.78 Å². The van der Waals surface area contributed by atoms with Crippen LogP contribution in [0.2, 0.25) is 0 Å². The molecular weight excluding hydrogens is 336 g/mol. The summed E-state index contributed by atoms with van der Waals surface area (Å²) in [6.07, 6.45) is -0.223. The van der Waals surface area contributed by atoms with Gasteiger partial charge in [-0.15, -0.1) is 0 Å². The lowest BCUT2D eigenvalue weighted by molar-refractivity contribution is -0.264. The van der Waals surface area contributed by atoms with Crippen molar-refractivity contribution in [2.45, 2.75) is 57.3 Å². The highest BCUT2D eigenvalue weighted by Gasteiger charge is 2.76. The number of Topliss-reactive ketones (excluding diaryl/α,β-unsaturated/α-hetero) is 1. The summed E-state index contributed by atoms with van der Waals surface area (Å²) >= 11 is 0. The zero-order valence-corrected chi connectivity index (χ0v) is 15.1. The topological polar surface area (TPSA) is 115 Å². The molecule has 26 heavy (non-hydrogen) atoms. The van der Waals surface area contributed by atoms with Crippen molar-refractivity contribution in [2.75, 3.05) is 6.61 Å². The monoisotopic (exact) mass is 364 g/mol. The largest absolute Gasteiger partial charge is 0.396 e. The van der Waals surface area contributed by atoms with E-state index in [0.717, 1.165) is 6.29 Å². The molecule has 4 aliphatic carbocycles. The van der Waals surface area contributed by atoms with Gasteiger partial charge < -0.3 is 25.2 Å². The number of hydrogen-bond donors (Lipinski definition) is 4. The van der Waals surface area contributed by atoms with Crippen LogP contribution in [0, 0.1) is 34.0 Å². The summed E-state index contributed by atoms with van der Waals surface area (Å²) < 4.78 is 0. The number of hydrogen-bond acceptors (Lipinski definition) is 6. The summed E-state index contributed by atoms with van der Waals surface area (Å²) in [5.41, 5.74) is -2.96. The van der Waals surface area contributed by atoms with E-state index in [1.165, 1.54) is 0 Å². The summed E-state index contributed by atoms with van der Waals surface area (Å²) in [5.74, 6) is -1.74. The first kappa shape index (κ1) is 18.3. The molecule has 0 aromatic heterocycles. The molecule has 0 aromatic carbocycles. The summed E-state index contributed by atoms with van der Waals surface area (Å²) in [6, 6.07) is 0. The van der Waals surface area contributed by atoms with Crippen LogP contribution in [0.3, 0.4) is 0 Å². The van der Waals surface area contributed by atoms with Crippen molar-refractivity contribution in [2.24, 2.45) is 34.0 Å². The summed E-state index contributed by atoms with van der Waals surface area (Å²) in [5, 5.41) is 43.6. The SMILES string of the molecule is C=C1C(=O)C23C(O)CC4C(C)(C=O)CCC(O)C4(CO)C2CCC1C3O. The number of carbonyl (C=O) groups excluding carboxylic acids is 2. The quantitative estimate of drug-likeness (QED) is 0.412. The molecule has 0 saturated heterocycles. The van der Waals surface area contributed by atoms with Crippen LogP contribution >= 0.6 is 0 Å². The van der Waals surface area contributed by atoms with Crippen molar-refractivity contribution in [1.82, 2.24) is 0 Å². The molecule has 6 nitrogen and oxygen atoms in total. The third-order valence-corrected chi connectivity index (χ3v) is 8.57. The lowest BCUT2D eigenvalue weighted by Crippen LogP contribution is -2.72. The molecule has 4 aliphatic rings. The van der Waals surface area contributed by atoms with Gasteiger partial charge in [-0.05, 0) is 49.5 Å². The number of rotatable bonds is 2. The van der Waals surface area contributed by atoms with Crippen molar-refractivity contribution in [3.8, 4) is 0 Å². The molecule has 4 saturated carbocycles. The lowest BCUT2D eigenvalue weighted by Gasteiger charge is -2.66. The molecule has 4 N–H and O–H groups in total. The minimum atomic E-state index is -1.43. The van der Waals surface area contributed by atoms with E-state index in [2.05, 4.69) is 6.58 Å². The third kappa shape index (κ3) is 1.72. The highest BCUT2D eigenvalue weighted by molar-refractivity contribution is 6.04. The van der Waals surface area contributed by atoms with Crippen LogP contribution in [0.1, 0.15) is 39.0 Å². The molecule has 1 spiro atoms. The first-order chi connectivity index (χ1) is 12.2. The Balaban J connectivity index is 1.94. The van der Waals surface area contributed by atoms with Crippen LogP contribution in [-0.4, -0.2) is 57.4 Å². The molecule has 6 heteroatoms. The average molecular weight is 364 g/mol. The van der Waals surface area contributed by atoms with Gasteiger partial charge in [-0.25, -0.2) is 0 Å². The van der Waals surface area contributed by atoms with Crippen LogP contribution in [0.4, 0.5) is 0 Å². The molecule has 4 rings (SSSR count). The van der Waals surface area contributed by atoms with E-state index in [-0.39, 0.29) is 24.7 Å². The molecule has 4 fully saturated rings. The number of aldehydes is 1. The fourth-order valence-electron chi connectivity index (χ4n) is 7.27. The molecule has 144 valence electrons. The number of aliphatic hydroxyl groups is 4. The number of ketones is 1. The van der Waals surface area contributed by atoms with Crippen LogP contribution in [0.5, 0.6) is 0 Å². The summed E-state index contributed by atoms with van der Waals surface area (Å²) in [6.45, 7) is 5.30. The zero-order valence-electron chi connectivity index (χ0n) is 15.1. The summed E-state index contributed by atoms with van der Waals surface area (Å²) in [4.78, 5) is 25.1. The van der Waals surface area contributed by atoms with Crippen molar-refractivity contribution in [3.05, 3.63) is 12.2 Å². The smallest absolute Gasteiger partial charge is 0.170 e. The molecule has 0 aliphatic heterocycles. The second-order valence-electron chi connectivity index (χ2n) is 9.22. The van der Waals surface area contributed by atoms with E-state index in [1.54, 1.807) is 0 Å². The second-order valence-corrected chi connectivity index (χ2v) is 9.22. The van der Waals surface area contributed by atoms with Crippen molar-refractivity contribution < 1.29 is 30.0 Å². The van der Waals surface area contributed by atoms with Gasteiger partial charge in [0.1, 0.15) is 6.29 Å². The molecule has 0 heterocycles. The Morgan fingerprint density at radius 3 is 2.46 bits per heavy atom. The molecular formula is C20H28O6. The van der Waals surface area contributed by atoms with Gasteiger partial charge >= 0.3 is 0 Å². The fourth-order valence-corrected chi connectivity index (χ4v) is 7.27. The molecule has 9 atom stereocenters. The Bertz CT molecular complexity index is 675. The van der Waals surface area contributed by atoms with Crippen LogP contribution in [0.15, 0.2) is 12.2 Å². The first-order valence-corrected chi connectivity index (χ1v) is 9.56. The zero-order chi connectivity index (χ0) is 19.1. The lowest BCUT2D eigenvalue weighted by atomic mass is 9.38.